The minimum Gasteiger partial charge on any atom is -0.693 e. The molecule has 0 amide bonds. The summed E-state index contributed by atoms with van der Waals surface area (Å²) >= 11 is 0. The van der Waals surface area contributed by atoms with Gasteiger partial charge in [0.15, 0.2) is 0 Å². The second-order valence-electron chi connectivity index (χ2n) is 16.4. The molecule has 2 N–H and O–H groups in total. The summed E-state index contributed by atoms with van der Waals surface area (Å²) in [4.78, 5) is 4.08. The molecule has 0 bridgehead atoms. The van der Waals surface area contributed by atoms with Crippen LogP contribution >= 0.6 is 0 Å². The average Bonchev–Trinajstić information content (AvgIpc) is 4.20. The summed E-state index contributed by atoms with van der Waals surface area (Å²) in [6.07, 6.45) is 10.5. The van der Waals surface area contributed by atoms with Gasteiger partial charge in [0.2, 0.25) is 0 Å². The molecule has 14 aromatic rings. The molecule has 4 aromatic heterocycles. The fourth-order valence-corrected chi connectivity index (χ4v) is 9.09. The van der Waals surface area contributed by atoms with Gasteiger partial charge in [-0.05, 0) is 62.9 Å². The minimum atomic E-state index is 0. The van der Waals surface area contributed by atoms with Gasteiger partial charge in [-0.3, -0.25) is 19.3 Å². The van der Waals surface area contributed by atoms with Crippen LogP contribution in [-0.2, 0) is 20.1 Å². The van der Waals surface area contributed by atoms with E-state index in [0.29, 0.717) is 5.69 Å². The van der Waals surface area contributed by atoms with Gasteiger partial charge in [0, 0.05) is 26.3 Å². The fourth-order valence-electron chi connectivity index (χ4n) is 9.09. The molecule has 10 heteroatoms. The zero-order chi connectivity index (χ0) is 45.9. The Bertz CT molecular complexity index is 3630. The number of pyridine rings is 1. The first-order chi connectivity index (χ1) is 34.3. The number of nitrogens with zero attached hydrogens (tertiary/aromatic N) is 8. The SMILES string of the molecule is [Ir].[NH2-].[c-]1ccc2ccccc2c1-n1[c-][n+](-c2cccc3ccccc23)c2ccccc21.[c-]1ccc2ccccc2c1-n1[c-][n+](-c2cccc3ccccc23)c2ccccc21.c1ccc(-c2cnn[n-]2)nc1. The van der Waals surface area contributed by atoms with Crippen molar-refractivity contribution >= 4 is 65.2 Å². The number of fused-ring (bicyclic) bond motifs is 6. The molecule has 10 aromatic carbocycles. The van der Waals surface area contributed by atoms with Crippen LogP contribution < -0.4 is 14.2 Å². The molecule has 0 atom stereocenters. The monoisotopic (exact) mass is 1090 g/mol. The molecule has 0 saturated carbocycles. The zero-order valence-corrected chi connectivity index (χ0v) is 40.4. The van der Waals surface area contributed by atoms with Crippen molar-refractivity contribution in [3.8, 4) is 34.1 Å². The number of hydrogen-bond acceptors (Lipinski definition) is 3. The van der Waals surface area contributed by atoms with Crippen molar-refractivity contribution in [2.75, 3.05) is 0 Å². The van der Waals surface area contributed by atoms with Crippen molar-refractivity contribution in [3.63, 3.8) is 0 Å². The Morgan fingerprint density at radius 1 is 0.423 bits per heavy atom. The Balaban J connectivity index is 0.000000132. The average molecular weight is 1090 g/mol. The Hall–Kier alpha value is -8.92. The number of para-hydroxylation sites is 4. The number of rotatable bonds is 5. The summed E-state index contributed by atoms with van der Waals surface area (Å²) in [6, 6.07) is 84.2. The van der Waals surface area contributed by atoms with Crippen molar-refractivity contribution in [1.82, 2.24) is 29.5 Å². The van der Waals surface area contributed by atoms with Crippen molar-refractivity contribution in [3.05, 3.63) is 268 Å². The van der Waals surface area contributed by atoms with Gasteiger partial charge in [0.25, 0.3) is 12.7 Å². The first kappa shape index (κ1) is 45.8. The summed E-state index contributed by atoms with van der Waals surface area (Å²) in [6.45, 7) is 0. The van der Waals surface area contributed by atoms with Crippen LogP contribution in [0.2, 0.25) is 0 Å². The Labute approximate surface area is 423 Å². The summed E-state index contributed by atoms with van der Waals surface area (Å²) < 4.78 is 8.57. The molecule has 0 spiro atoms. The molecular formula is C61H41IrN9-4. The van der Waals surface area contributed by atoms with Gasteiger partial charge < -0.3 is 25.5 Å². The zero-order valence-electron chi connectivity index (χ0n) is 38.0. The van der Waals surface area contributed by atoms with E-state index >= 15 is 0 Å². The van der Waals surface area contributed by atoms with E-state index in [1.165, 1.54) is 32.3 Å². The van der Waals surface area contributed by atoms with Gasteiger partial charge >= 0.3 is 0 Å². The third-order valence-electron chi connectivity index (χ3n) is 12.3. The molecule has 0 saturated heterocycles. The molecule has 9 nitrogen and oxygen atoms in total. The first-order valence-corrected chi connectivity index (χ1v) is 22.6. The molecular weight excluding hydrogens is 1050 g/mol. The van der Waals surface area contributed by atoms with Crippen molar-refractivity contribution in [1.29, 1.82) is 0 Å². The normalized spacial score (nSPS) is 10.9. The van der Waals surface area contributed by atoms with Gasteiger partial charge in [0.05, 0.1) is 39.1 Å². The molecule has 71 heavy (non-hydrogen) atoms. The van der Waals surface area contributed by atoms with Crippen LogP contribution in [0.4, 0.5) is 0 Å². The maximum atomic E-state index is 4.08. The number of benzene rings is 10. The van der Waals surface area contributed by atoms with Gasteiger partial charge in [-0.25, -0.2) is 0 Å². The van der Waals surface area contributed by atoms with Crippen LogP contribution in [0, 0.1) is 24.8 Å². The topological polar surface area (TPSA) is 104 Å². The van der Waals surface area contributed by atoms with Crippen LogP contribution in [0.25, 0.3) is 105 Å². The Kier molecular flexibility index (Phi) is 13.1. The fraction of sp³-hybridized carbons (Fsp3) is 0. The third-order valence-corrected chi connectivity index (χ3v) is 12.3. The van der Waals surface area contributed by atoms with E-state index in [0.717, 1.165) is 61.3 Å². The maximum absolute atomic E-state index is 4.08. The quantitative estimate of drug-likeness (QED) is 0.126. The van der Waals surface area contributed by atoms with Gasteiger partial charge in [0.1, 0.15) is 0 Å². The molecule has 14 rings (SSSR count). The molecule has 1 radical (unpaired) electrons. The van der Waals surface area contributed by atoms with Crippen LogP contribution in [-0.4, -0.2) is 24.4 Å². The Morgan fingerprint density at radius 2 is 0.845 bits per heavy atom. The second kappa shape index (κ2) is 20.4. The molecule has 0 fully saturated rings. The predicted octanol–water partition coefficient (Wildman–Crippen LogP) is 12.8. The molecule has 0 aliphatic carbocycles. The molecule has 0 unspecified atom stereocenters. The third kappa shape index (κ3) is 8.75. The van der Waals surface area contributed by atoms with Gasteiger partial charge in [-0.1, -0.05) is 170 Å². The van der Waals surface area contributed by atoms with E-state index < -0.39 is 0 Å². The smallest absolute Gasteiger partial charge is 0.268 e. The summed E-state index contributed by atoms with van der Waals surface area (Å²) in [5.74, 6) is 0. The van der Waals surface area contributed by atoms with E-state index in [4.69, 9.17) is 0 Å². The molecule has 0 aliphatic rings. The van der Waals surface area contributed by atoms with Gasteiger partial charge in [-0.2, -0.15) is 36.4 Å². The van der Waals surface area contributed by atoms with Crippen molar-refractivity contribution in [2.45, 2.75) is 0 Å². The molecule has 0 aliphatic heterocycles. The van der Waals surface area contributed by atoms with E-state index in [2.05, 4.69) is 258 Å². The largest absolute Gasteiger partial charge is 0.693 e. The number of imidazole rings is 2. The number of hydrogen-bond donors (Lipinski definition) is 0. The van der Waals surface area contributed by atoms with Crippen LogP contribution in [0.3, 0.4) is 0 Å². The van der Waals surface area contributed by atoms with Gasteiger partial charge in [-0.15, -0.1) is 33.7 Å². The maximum Gasteiger partial charge on any atom is 0.268 e. The Morgan fingerprint density at radius 3 is 1.31 bits per heavy atom. The number of nitrogens with two attached hydrogens (primary N) is 1. The second-order valence-corrected chi connectivity index (χ2v) is 16.4. The summed E-state index contributed by atoms with van der Waals surface area (Å²) in [5.41, 5.74) is 10.2. The van der Waals surface area contributed by atoms with E-state index in [1.807, 2.05) is 30.3 Å². The number of aromatic nitrogens is 8. The van der Waals surface area contributed by atoms with E-state index in [1.54, 1.807) is 12.4 Å². The van der Waals surface area contributed by atoms with E-state index in [-0.39, 0.29) is 26.3 Å². The summed E-state index contributed by atoms with van der Waals surface area (Å²) in [5, 5.41) is 20.4. The molecule has 4 heterocycles. The minimum absolute atomic E-state index is 0. The van der Waals surface area contributed by atoms with Crippen LogP contribution in [0.1, 0.15) is 0 Å². The predicted molar refractivity (Wildman–Crippen MR) is 279 cm³/mol. The van der Waals surface area contributed by atoms with Crippen molar-refractivity contribution in [2.24, 2.45) is 0 Å². The summed E-state index contributed by atoms with van der Waals surface area (Å²) in [7, 11) is 0. The van der Waals surface area contributed by atoms with E-state index in [9.17, 15) is 0 Å². The van der Waals surface area contributed by atoms with Crippen molar-refractivity contribution < 1.29 is 29.2 Å². The molecule has 343 valence electrons. The standard InChI is InChI=1S/2C27H17N2.C7H5N4.Ir.H2N/c2*1-3-13-22-20(9-1)11-7-17-24(22)28-19-29(27-16-6-5-15-26(27)28)25-18-8-12-21-10-2-4-14-23(21)25;1-2-4-8-6(3-1)7-5-9-11-10-7;;/h2*1-17H;1-5H;;1H2/q3*-1;;-1. The first-order valence-electron chi connectivity index (χ1n) is 22.6. The van der Waals surface area contributed by atoms with Crippen LogP contribution in [0.15, 0.2) is 237 Å². The van der Waals surface area contributed by atoms with Crippen LogP contribution in [0.5, 0.6) is 0 Å².